The van der Waals surface area contributed by atoms with Crippen LogP contribution in [-0.2, 0) is 25.9 Å². The summed E-state index contributed by atoms with van der Waals surface area (Å²) in [6, 6.07) is 8.75. The maximum absolute atomic E-state index is 13.3. The Morgan fingerprint density at radius 2 is 2.20 bits per heavy atom. The Morgan fingerprint density at radius 1 is 1.28 bits per heavy atom. The van der Waals surface area contributed by atoms with Gasteiger partial charge in [0.05, 0.1) is 17.9 Å². The van der Waals surface area contributed by atoms with Gasteiger partial charge in [-0.3, -0.25) is 0 Å². The lowest BCUT2D eigenvalue weighted by molar-refractivity contribution is 0.356. The Balaban J connectivity index is 1.38. The van der Waals surface area contributed by atoms with Crippen molar-refractivity contribution in [3.05, 3.63) is 59.7 Å². The van der Waals surface area contributed by atoms with Crippen LogP contribution in [0, 0.1) is 5.82 Å². The summed E-state index contributed by atoms with van der Waals surface area (Å²) in [4.78, 5) is 4.54. The van der Waals surface area contributed by atoms with E-state index in [2.05, 4.69) is 27.4 Å². The molecule has 1 aliphatic rings. The third-order valence-corrected chi connectivity index (χ3v) is 4.51. The molecule has 6 nitrogen and oxygen atoms in total. The van der Waals surface area contributed by atoms with E-state index in [1.54, 1.807) is 10.7 Å². The standard InChI is InChI=1S/C18H21FN6/c1-2-17-21-18-7-6-15(12-25(18)23-17)20-11-14-8-9-24(22-14)16-5-3-4-13(19)10-16/h3-5,8-10,15,20H,2,6-7,11-12H2,1H3/t15-/m1/s1. The molecule has 3 aromatic rings. The molecule has 0 fully saturated rings. The summed E-state index contributed by atoms with van der Waals surface area (Å²) in [5, 5.41) is 12.6. The molecule has 7 heteroatoms. The zero-order chi connectivity index (χ0) is 17.2. The predicted octanol–water partition coefficient (Wildman–Crippen LogP) is 2.27. The largest absolute Gasteiger partial charge is 0.306 e. The van der Waals surface area contributed by atoms with E-state index in [1.165, 1.54) is 12.1 Å². The fourth-order valence-electron chi connectivity index (χ4n) is 3.14. The Labute approximate surface area is 145 Å². The van der Waals surface area contributed by atoms with Gasteiger partial charge in [-0.25, -0.2) is 18.7 Å². The molecule has 4 rings (SSSR count). The van der Waals surface area contributed by atoms with Crippen molar-refractivity contribution in [3.63, 3.8) is 0 Å². The summed E-state index contributed by atoms with van der Waals surface area (Å²) in [5.41, 5.74) is 1.66. The van der Waals surface area contributed by atoms with E-state index in [-0.39, 0.29) is 5.82 Å². The van der Waals surface area contributed by atoms with Crippen molar-refractivity contribution in [1.29, 1.82) is 0 Å². The van der Waals surface area contributed by atoms with Crippen LogP contribution in [0.25, 0.3) is 5.69 Å². The van der Waals surface area contributed by atoms with Crippen LogP contribution in [0.3, 0.4) is 0 Å². The van der Waals surface area contributed by atoms with E-state index in [4.69, 9.17) is 0 Å². The minimum Gasteiger partial charge on any atom is -0.306 e. The monoisotopic (exact) mass is 340 g/mol. The van der Waals surface area contributed by atoms with E-state index in [0.29, 0.717) is 12.6 Å². The molecule has 0 amide bonds. The number of aromatic nitrogens is 5. The fraction of sp³-hybridized carbons (Fsp3) is 0.389. The number of fused-ring (bicyclic) bond motifs is 1. The Kier molecular flexibility index (Phi) is 4.31. The van der Waals surface area contributed by atoms with Gasteiger partial charge in [0.15, 0.2) is 5.82 Å². The zero-order valence-electron chi connectivity index (χ0n) is 14.2. The highest BCUT2D eigenvalue weighted by molar-refractivity contribution is 5.31. The van der Waals surface area contributed by atoms with Crippen LogP contribution in [0.4, 0.5) is 4.39 Å². The number of nitrogens with one attached hydrogen (secondary N) is 1. The molecule has 2 aromatic heterocycles. The van der Waals surface area contributed by atoms with Gasteiger partial charge >= 0.3 is 0 Å². The number of hydrogen-bond acceptors (Lipinski definition) is 4. The third kappa shape index (κ3) is 3.46. The maximum Gasteiger partial charge on any atom is 0.150 e. The molecule has 1 N–H and O–H groups in total. The van der Waals surface area contributed by atoms with Gasteiger partial charge in [-0.2, -0.15) is 10.2 Å². The fourth-order valence-corrected chi connectivity index (χ4v) is 3.14. The molecular weight excluding hydrogens is 319 g/mol. The number of halogens is 1. The lowest BCUT2D eigenvalue weighted by Crippen LogP contribution is -2.37. The second-order valence-corrected chi connectivity index (χ2v) is 6.33. The molecular formula is C18H21FN6. The molecule has 0 bridgehead atoms. The van der Waals surface area contributed by atoms with Crippen molar-refractivity contribution in [2.75, 3.05) is 0 Å². The van der Waals surface area contributed by atoms with Crippen LogP contribution in [0.1, 0.15) is 30.7 Å². The van der Waals surface area contributed by atoms with Gasteiger partial charge in [-0.1, -0.05) is 13.0 Å². The van der Waals surface area contributed by atoms with Crippen LogP contribution >= 0.6 is 0 Å². The van der Waals surface area contributed by atoms with Crippen LogP contribution < -0.4 is 5.32 Å². The van der Waals surface area contributed by atoms with E-state index < -0.39 is 0 Å². The maximum atomic E-state index is 13.3. The van der Waals surface area contributed by atoms with E-state index >= 15 is 0 Å². The molecule has 130 valence electrons. The number of rotatable bonds is 5. The Morgan fingerprint density at radius 3 is 3.04 bits per heavy atom. The van der Waals surface area contributed by atoms with E-state index in [1.807, 2.05) is 23.0 Å². The molecule has 0 aliphatic carbocycles. The average Bonchev–Trinajstić information content (AvgIpc) is 3.26. The van der Waals surface area contributed by atoms with Crippen LogP contribution in [0.2, 0.25) is 0 Å². The van der Waals surface area contributed by atoms with Gasteiger partial charge in [-0.15, -0.1) is 0 Å². The Bertz CT molecular complexity index is 868. The first-order chi connectivity index (χ1) is 12.2. The molecule has 1 atom stereocenters. The number of benzene rings is 1. The molecule has 0 unspecified atom stereocenters. The first-order valence-electron chi connectivity index (χ1n) is 8.67. The number of hydrogen-bond donors (Lipinski definition) is 1. The lowest BCUT2D eigenvalue weighted by Gasteiger charge is -2.23. The molecule has 0 radical (unpaired) electrons. The molecule has 25 heavy (non-hydrogen) atoms. The minimum absolute atomic E-state index is 0.259. The van der Waals surface area contributed by atoms with E-state index in [9.17, 15) is 4.39 Å². The highest BCUT2D eigenvalue weighted by Gasteiger charge is 2.21. The molecule has 3 heterocycles. The van der Waals surface area contributed by atoms with Crippen molar-refractivity contribution in [1.82, 2.24) is 29.9 Å². The van der Waals surface area contributed by atoms with Gasteiger partial charge in [-0.05, 0) is 30.7 Å². The minimum atomic E-state index is -0.259. The van der Waals surface area contributed by atoms with Crippen molar-refractivity contribution >= 4 is 0 Å². The van der Waals surface area contributed by atoms with Gasteiger partial charge < -0.3 is 5.32 Å². The van der Waals surface area contributed by atoms with Gasteiger partial charge in [0.1, 0.15) is 11.6 Å². The second kappa shape index (κ2) is 6.76. The average molecular weight is 340 g/mol. The van der Waals surface area contributed by atoms with Crippen LogP contribution in [0.5, 0.6) is 0 Å². The number of aryl methyl sites for hydroxylation is 2. The van der Waals surface area contributed by atoms with Crippen molar-refractivity contribution in [3.8, 4) is 5.69 Å². The first kappa shape index (κ1) is 16.0. The van der Waals surface area contributed by atoms with Crippen molar-refractivity contribution in [2.24, 2.45) is 0 Å². The molecule has 1 aromatic carbocycles. The third-order valence-electron chi connectivity index (χ3n) is 4.51. The quantitative estimate of drug-likeness (QED) is 0.774. The predicted molar refractivity (Wildman–Crippen MR) is 91.9 cm³/mol. The summed E-state index contributed by atoms with van der Waals surface area (Å²) in [5.74, 6) is 1.75. The summed E-state index contributed by atoms with van der Waals surface area (Å²) in [7, 11) is 0. The zero-order valence-corrected chi connectivity index (χ0v) is 14.2. The normalized spacial score (nSPS) is 16.8. The summed E-state index contributed by atoms with van der Waals surface area (Å²) < 4.78 is 17.0. The van der Waals surface area contributed by atoms with Crippen molar-refractivity contribution < 1.29 is 4.39 Å². The molecule has 0 saturated carbocycles. The van der Waals surface area contributed by atoms with Gasteiger partial charge in [0.25, 0.3) is 0 Å². The summed E-state index contributed by atoms with van der Waals surface area (Å²) in [6.45, 7) is 3.59. The SMILES string of the molecule is CCc1nc2n(n1)C[C@H](NCc1ccn(-c3cccc(F)c3)n1)CC2. The van der Waals surface area contributed by atoms with Crippen molar-refractivity contribution in [2.45, 2.75) is 45.3 Å². The Hall–Kier alpha value is -2.54. The lowest BCUT2D eigenvalue weighted by atomic mass is 10.1. The van der Waals surface area contributed by atoms with Crippen LogP contribution in [0.15, 0.2) is 36.5 Å². The highest BCUT2D eigenvalue weighted by atomic mass is 19.1. The highest BCUT2D eigenvalue weighted by Crippen LogP contribution is 2.14. The van der Waals surface area contributed by atoms with E-state index in [0.717, 1.165) is 48.8 Å². The number of nitrogens with zero attached hydrogens (tertiary/aromatic N) is 5. The first-order valence-corrected chi connectivity index (χ1v) is 8.67. The molecule has 0 saturated heterocycles. The van der Waals surface area contributed by atoms with Gasteiger partial charge in [0, 0.05) is 31.6 Å². The van der Waals surface area contributed by atoms with Gasteiger partial charge in [0.2, 0.25) is 0 Å². The smallest absolute Gasteiger partial charge is 0.150 e. The molecule has 0 spiro atoms. The summed E-state index contributed by atoms with van der Waals surface area (Å²) in [6.07, 6.45) is 4.72. The topological polar surface area (TPSA) is 60.6 Å². The second-order valence-electron chi connectivity index (χ2n) is 6.33. The summed E-state index contributed by atoms with van der Waals surface area (Å²) >= 11 is 0. The molecule has 1 aliphatic heterocycles. The van der Waals surface area contributed by atoms with Crippen LogP contribution in [-0.4, -0.2) is 30.6 Å².